The van der Waals surface area contributed by atoms with Gasteiger partial charge in [0.1, 0.15) is 0 Å². The van der Waals surface area contributed by atoms with Crippen LogP contribution in [0.5, 0.6) is 0 Å². The van der Waals surface area contributed by atoms with Gasteiger partial charge in [-0.2, -0.15) is 0 Å². The van der Waals surface area contributed by atoms with Crippen LogP contribution < -0.4 is 0 Å². The number of rotatable bonds is 16. The molecule has 1 saturated heterocycles. The summed E-state index contributed by atoms with van der Waals surface area (Å²) in [5.74, 6) is -0.181. The van der Waals surface area contributed by atoms with Crippen LogP contribution in [0.1, 0.15) is 84.0 Å². The number of carbonyl (C=O) groups excluding carboxylic acids is 1. The Morgan fingerprint density at radius 3 is 2.30 bits per heavy atom. The van der Waals surface area contributed by atoms with E-state index in [0.29, 0.717) is 19.2 Å². The number of unbranched alkanes of at least 4 members (excludes halogenated alkanes) is 9. The molecule has 1 aliphatic rings. The zero-order chi connectivity index (χ0) is 19.8. The van der Waals surface area contributed by atoms with Gasteiger partial charge in [0.05, 0.1) is 19.4 Å². The largest absolute Gasteiger partial charge is 0.465 e. The number of esters is 1. The Bertz CT molecular complexity index is 463. The molecule has 6 heteroatoms. The summed E-state index contributed by atoms with van der Waals surface area (Å²) >= 11 is 0. The predicted octanol–water partition coefficient (Wildman–Crippen LogP) is 6.27. The van der Waals surface area contributed by atoms with Gasteiger partial charge in [0.25, 0.3) is 0 Å². The van der Waals surface area contributed by atoms with Crippen LogP contribution in [-0.2, 0) is 23.1 Å². The lowest BCUT2D eigenvalue weighted by atomic mass is 10.1. The molecule has 27 heavy (non-hydrogen) atoms. The lowest BCUT2D eigenvalue weighted by Crippen LogP contribution is -2.16. The van der Waals surface area contributed by atoms with Crippen molar-refractivity contribution in [3.63, 3.8) is 0 Å². The Hall–Kier alpha value is -0.640. The second-order valence-electron chi connectivity index (χ2n) is 7.45. The molecule has 0 radical (unpaired) electrons. The molecular weight excluding hydrogens is 363 g/mol. The maximum Gasteiger partial charge on any atom is 0.330 e. The van der Waals surface area contributed by atoms with Gasteiger partial charge in [-0.3, -0.25) is 9.36 Å². The van der Waals surface area contributed by atoms with Gasteiger partial charge in [0.2, 0.25) is 0 Å². The van der Waals surface area contributed by atoms with Gasteiger partial charge < -0.3 is 13.8 Å². The Balaban J connectivity index is 1.87. The number of ether oxygens (including phenoxy) is 1. The normalized spacial score (nSPS) is 22.5. The fraction of sp³-hybridized carbons (Fsp3) is 0.857. The highest BCUT2D eigenvalue weighted by Crippen LogP contribution is 2.53. The van der Waals surface area contributed by atoms with E-state index < -0.39 is 7.60 Å². The fourth-order valence-electron chi connectivity index (χ4n) is 3.14. The number of carbonyl (C=O) groups is 1. The summed E-state index contributed by atoms with van der Waals surface area (Å²) in [5.41, 5.74) is 0. The van der Waals surface area contributed by atoms with Gasteiger partial charge in [-0.05, 0) is 32.1 Å². The van der Waals surface area contributed by atoms with E-state index in [0.717, 1.165) is 12.8 Å². The van der Waals surface area contributed by atoms with E-state index >= 15 is 0 Å². The highest BCUT2D eigenvalue weighted by molar-refractivity contribution is 7.54. The van der Waals surface area contributed by atoms with E-state index in [4.69, 9.17) is 13.8 Å². The van der Waals surface area contributed by atoms with Crippen LogP contribution in [0.4, 0.5) is 0 Å². The number of hydrogen-bond donors (Lipinski definition) is 0. The molecule has 5 nitrogen and oxygen atoms in total. The molecule has 0 N–H and O–H groups in total. The van der Waals surface area contributed by atoms with Crippen LogP contribution in [0.2, 0.25) is 0 Å². The molecule has 0 bridgehead atoms. The van der Waals surface area contributed by atoms with Crippen molar-refractivity contribution in [2.45, 2.75) is 84.0 Å². The monoisotopic (exact) mass is 402 g/mol. The molecule has 1 unspecified atom stereocenters. The average Bonchev–Trinajstić information content (AvgIpc) is 3.06. The summed E-state index contributed by atoms with van der Waals surface area (Å²) < 4.78 is 27.2. The van der Waals surface area contributed by atoms with Gasteiger partial charge in [0.15, 0.2) is 0 Å². The molecule has 0 amide bonds. The molecular formula is C21H39O5P. The topological polar surface area (TPSA) is 61.8 Å². The van der Waals surface area contributed by atoms with Crippen LogP contribution in [0.3, 0.4) is 0 Å². The van der Waals surface area contributed by atoms with Crippen molar-refractivity contribution in [1.29, 1.82) is 0 Å². The summed E-state index contributed by atoms with van der Waals surface area (Å²) in [4.78, 5) is 11.8. The molecule has 0 aromatic rings. The molecule has 0 aliphatic carbocycles. The first kappa shape index (κ1) is 24.4. The third-order valence-electron chi connectivity index (χ3n) is 4.89. The van der Waals surface area contributed by atoms with Crippen LogP contribution in [0, 0.1) is 5.92 Å². The highest BCUT2D eigenvalue weighted by Gasteiger charge is 2.36. The van der Waals surface area contributed by atoms with E-state index in [-0.39, 0.29) is 18.5 Å². The highest BCUT2D eigenvalue weighted by atomic mass is 31.2. The van der Waals surface area contributed by atoms with E-state index in [1.54, 1.807) is 0 Å². The van der Waals surface area contributed by atoms with Crippen molar-refractivity contribution in [3.8, 4) is 0 Å². The quantitative estimate of drug-likeness (QED) is 0.132. The Morgan fingerprint density at radius 1 is 1.04 bits per heavy atom. The van der Waals surface area contributed by atoms with Gasteiger partial charge >= 0.3 is 13.6 Å². The van der Waals surface area contributed by atoms with Crippen LogP contribution in [0.25, 0.3) is 0 Å². The summed E-state index contributed by atoms with van der Waals surface area (Å²) in [7, 11) is -1.53. The first-order valence-electron chi connectivity index (χ1n) is 10.7. The van der Waals surface area contributed by atoms with Gasteiger partial charge in [0, 0.05) is 19.4 Å². The minimum atomic E-state index is -2.91. The van der Waals surface area contributed by atoms with Crippen molar-refractivity contribution < 1.29 is 23.1 Å². The van der Waals surface area contributed by atoms with Crippen molar-refractivity contribution in [2.24, 2.45) is 5.92 Å². The van der Waals surface area contributed by atoms with E-state index in [2.05, 4.69) is 19.1 Å². The molecule has 0 spiro atoms. The molecule has 158 valence electrons. The van der Waals surface area contributed by atoms with Gasteiger partial charge in [-0.1, -0.05) is 57.6 Å². The molecule has 2 atom stereocenters. The van der Waals surface area contributed by atoms with Gasteiger partial charge in [-0.25, -0.2) is 0 Å². The van der Waals surface area contributed by atoms with E-state index in [1.807, 2.05) is 0 Å². The summed E-state index contributed by atoms with van der Waals surface area (Å²) in [5, 5.41) is 0. The Labute approximate surface area is 165 Å². The molecule has 1 fully saturated rings. The van der Waals surface area contributed by atoms with Crippen molar-refractivity contribution >= 4 is 13.6 Å². The summed E-state index contributed by atoms with van der Waals surface area (Å²) in [6.45, 7) is 2.86. The van der Waals surface area contributed by atoms with Crippen LogP contribution >= 0.6 is 7.60 Å². The van der Waals surface area contributed by atoms with E-state index in [9.17, 15) is 9.36 Å². The maximum absolute atomic E-state index is 11.9. The van der Waals surface area contributed by atoms with Crippen LogP contribution in [0.15, 0.2) is 12.2 Å². The summed E-state index contributed by atoms with van der Waals surface area (Å²) in [6.07, 6.45) is 18.7. The molecule has 1 rings (SSSR count). The smallest absolute Gasteiger partial charge is 0.330 e. The Kier molecular flexibility index (Phi) is 13.8. The molecule has 1 aliphatic heterocycles. The van der Waals surface area contributed by atoms with Crippen molar-refractivity contribution in [1.82, 2.24) is 0 Å². The zero-order valence-electron chi connectivity index (χ0n) is 17.3. The molecule has 0 saturated carbocycles. The third kappa shape index (κ3) is 12.4. The van der Waals surface area contributed by atoms with Crippen molar-refractivity contribution in [2.75, 3.05) is 26.5 Å². The average molecular weight is 403 g/mol. The fourth-order valence-corrected chi connectivity index (χ4v) is 4.78. The maximum atomic E-state index is 11.9. The molecule has 0 aromatic carbocycles. The number of allylic oxidation sites excluding steroid dienone is 2. The lowest BCUT2D eigenvalue weighted by molar-refractivity contribution is -0.145. The lowest BCUT2D eigenvalue weighted by Gasteiger charge is -2.09. The minimum absolute atomic E-state index is 0.0144. The number of hydrogen-bond acceptors (Lipinski definition) is 5. The van der Waals surface area contributed by atoms with Crippen LogP contribution in [-0.4, -0.2) is 32.5 Å². The summed E-state index contributed by atoms with van der Waals surface area (Å²) in [6, 6.07) is 0. The molecule has 1 heterocycles. The first-order valence-corrected chi connectivity index (χ1v) is 12.4. The van der Waals surface area contributed by atoms with Crippen molar-refractivity contribution in [3.05, 3.63) is 12.2 Å². The second-order valence-corrected chi connectivity index (χ2v) is 9.66. The predicted molar refractivity (Wildman–Crippen MR) is 110 cm³/mol. The third-order valence-corrected chi connectivity index (χ3v) is 6.95. The standard InChI is InChI=1S/C21H39O5P/c1-3-4-5-6-7-8-9-10-11-12-13-14-15-16-21(22)25-17-20-18-26-27(23,19-20)24-2/h8-9,20H,3-7,10-19H2,1-2H3/b9-8-/t20-,27?/m1/s1. The first-order chi connectivity index (χ1) is 13.1. The minimum Gasteiger partial charge on any atom is -0.465 e. The second kappa shape index (κ2) is 15.3. The van der Waals surface area contributed by atoms with E-state index in [1.165, 1.54) is 64.9 Å². The SMILES string of the molecule is CCCCCC/C=C\CCCCCCCC(=O)OC[C@@H]1COP(=O)(OC)C1. The Morgan fingerprint density at radius 2 is 1.67 bits per heavy atom. The zero-order valence-corrected chi connectivity index (χ0v) is 18.2. The molecule has 0 aromatic heterocycles. The van der Waals surface area contributed by atoms with Gasteiger partial charge in [-0.15, -0.1) is 0 Å².